The van der Waals surface area contributed by atoms with Gasteiger partial charge in [-0.2, -0.15) is 0 Å². The lowest BCUT2D eigenvalue weighted by atomic mass is 10.2. The van der Waals surface area contributed by atoms with Crippen molar-refractivity contribution in [3.05, 3.63) is 40.7 Å². The van der Waals surface area contributed by atoms with Crippen LogP contribution < -0.4 is 0 Å². The first-order chi connectivity index (χ1) is 10.5. The number of nitrogens with zero attached hydrogens (tertiary/aromatic N) is 1. The molecule has 0 aliphatic carbocycles. The Labute approximate surface area is 131 Å². The first kappa shape index (κ1) is 16.1. The highest BCUT2D eigenvalue weighted by atomic mass is 32.2. The zero-order valence-corrected chi connectivity index (χ0v) is 13.0. The molecule has 0 spiro atoms. The fraction of sp³-hybridized carbons (Fsp3) is 0.267. The number of ether oxygens (including phenoxy) is 1. The second-order valence-corrected chi connectivity index (χ2v) is 5.47. The van der Waals surface area contributed by atoms with Gasteiger partial charge in [0.25, 0.3) is 11.1 Å². The second kappa shape index (κ2) is 7.13. The summed E-state index contributed by atoms with van der Waals surface area (Å²) in [7, 11) is 0. The van der Waals surface area contributed by atoms with Gasteiger partial charge < -0.3 is 9.15 Å². The third-order valence-electron chi connectivity index (χ3n) is 2.74. The van der Waals surface area contributed by atoms with Crippen LogP contribution in [0.5, 0.6) is 0 Å². The highest BCUT2D eigenvalue weighted by Crippen LogP contribution is 2.31. The van der Waals surface area contributed by atoms with E-state index in [0.717, 1.165) is 22.2 Å². The molecule has 2 heterocycles. The summed E-state index contributed by atoms with van der Waals surface area (Å²) >= 11 is 0.802. The number of hydrogen-bond acceptors (Lipinski definition) is 6. The van der Waals surface area contributed by atoms with E-state index in [-0.39, 0.29) is 18.1 Å². The standard InChI is InChI=1S/C15H15NO5S/c1-3-20-13(17)9-16-14(18)12(22-15(16)19)8-10(2)7-11-5-4-6-21-11/h4-8H,3,9H2,1-2H3/b10-7+,12-8-. The van der Waals surface area contributed by atoms with E-state index in [1.165, 1.54) is 0 Å². The van der Waals surface area contributed by atoms with Gasteiger partial charge in [-0.25, -0.2) is 0 Å². The van der Waals surface area contributed by atoms with Gasteiger partial charge in [-0.15, -0.1) is 0 Å². The number of esters is 1. The fourth-order valence-electron chi connectivity index (χ4n) is 1.82. The van der Waals surface area contributed by atoms with Gasteiger partial charge in [-0.1, -0.05) is 0 Å². The van der Waals surface area contributed by atoms with E-state index in [2.05, 4.69) is 0 Å². The van der Waals surface area contributed by atoms with Crippen LogP contribution in [-0.4, -0.2) is 35.2 Å². The first-order valence-electron chi connectivity index (χ1n) is 6.64. The van der Waals surface area contributed by atoms with Gasteiger partial charge in [0.05, 0.1) is 17.8 Å². The Kier molecular flexibility index (Phi) is 5.21. The molecular formula is C15H15NO5S. The van der Waals surface area contributed by atoms with Crippen LogP contribution >= 0.6 is 11.8 Å². The van der Waals surface area contributed by atoms with Crippen molar-refractivity contribution >= 4 is 35.0 Å². The lowest BCUT2D eigenvalue weighted by Crippen LogP contribution is -2.34. The van der Waals surface area contributed by atoms with E-state index >= 15 is 0 Å². The number of thioether (sulfide) groups is 1. The minimum Gasteiger partial charge on any atom is -0.465 e. The monoisotopic (exact) mass is 321 g/mol. The molecule has 0 bridgehead atoms. The van der Waals surface area contributed by atoms with Crippen LogP contribution in [0.25, 0.3) is 6.08 Å². The molecule has 22 heavy (non-hydrogen) atoms. The number of amides is 2. The molecule has 0 unspecified atom stereocenters. The molecule has 7 heteroatoms. The summed E-state index contributed by atoms with van der Waals surface area (Å²) in [5.41, 5.74) is 0.761. The summed E-state index contributed by atoms with van der Waals surface area (Å²) in [6, 6.07) is 3.54. The molecule has 1 fully saturated rings. The molecule has 2 amide bonds. The van der Waals surface area contributed by atoms with Crippen molar-refractivity contribution in [1.29, 1.82) is 0 Å². The van der Waals surface area contributed by atoms with Crippen LogP contribution in [-0.2, 0) is 14.3 Å². The van der Waals surface area contributed by atoms with Crippen molar-refractivity contribution in [3.63, 3.8) is 0 Å². The highest BCUT2D eigenvalue weighted by molar-refractivity contribution is 8.18. The largest absolute Gasteiger partial charge is 0.465 e. The molecule has 1 aliphatic heterocycles. The SMILES string of the molecule is CCOC(=O)CN1C(=O)S/C(=C\C(C)=C\c2ccco2)C1=O. The zero-order valence-electron chi connectivity index (χ0n) is 12.2. The third-order valence-corrected chi connectivity index (χ3v) is 3.65. The van der Waals surface area contributed by atoms with Crippen LogP contribution in [0.3, 0.4) is 0 Å². The minimum atomic E-state index is -0.603. The lowest BCUT2D eigenvalue weighted by Gasteiger charge is -2.10. The normalized spacial score (nSPS) is 17.5. The molecule has 6 nitrogen and oxygen atoms in total. The van der Waals surface area contributed by atoms with Crippen LogP contribution in [0.2, 0.25) is 0 Å². The Morgan fingerprint density at radius 1 is 1.45 bits per heavy atom. The summed E-state index contributed by atoms with van der Waals surface area (Å²) in [5, 5.41) is -0.477. The predicted molar refractivity (Wildman–Crippen MR) is 81.8 cm³/mol. The van der Waals surface area contributed by atoms with Crippen LogP contribution in [0.4, 0.5) is 4.79 Å². The average molecular weight is 321 g/mol. The van der Waals surface area contributed by atoms with Crippen molar-refractivity contribution in [2.24, 2.45) is 0 Å². The van der Waals surface area contributed by atoms with E-state index in [1.807, 2.05) is 0 Å². The van der Waals surface area contributed by atoms with Gasteiger partial charge in [0.1, 0.15) is 12.3 Å². The van der Waals surface area contributed by atoms with E-state index in [0.29, 0.717) is 5.76 Å². The first-order valence-corrected chi connectivity index (χ1v) is 7.45. The second-order valence-electron chi connectivity index (χ2n) is 4.48. The maximum Gasteiger partial charge on any atom is 0.326 e. The summed E-state index contributed by atoms with van der Waals surface area (Å²) in [5.74, 6) is -0.441. The Bertz CT molecular complexity index is 645. The van der Waals surface area contributed by atoms with E-state index in [1.54, 1.807) is 44.4 Å². The van der Waals surface area contributed by atoms with Crippen molar-refractivity contribution < 1.29 is 23.5 Å². The number of rotatable bonds is 5. The van der Waals surface area contributed by atoms with Gasteiger partial charge in [0.2, 0.25) is 0 Å². The summed E-state index contributed by atoms with van der Waals surface area (Å²) in [6.45, 7) is 3.29. The number of furan rings is 1. The number of allylic oxidation sites excluding steroid dienone is 2. The molecule has 1 aromatic rings. The number of carbonyl (C=O) groups excluding carboxylic acids is 3. The average Bonchev–Trinajstić information content (AvgIpc) is 3.03. The van der Waals surface area contributed by atoms with E-state index in [4.69, 9.17) is 9.15 Å². The molecule has 1 aromatic heterocycles. The molecule has 0 atom stereocenters. The smallest absolute Gasteiger partial charge is 0.326 e. The quantitative estimate of drug-likeness (QED) is 0.613. The predicted octanol–water partition coefficient (Wildman–Crippen LogP) is 2.83. The van der Waals surface area contributed by atoms with Crippen molar-refractivity contribution in [3.8, 4) is 0 Å². The molecule has 0 aromatic carbocycles. The zero-order chi connectivity index (χ0) is 16.1. The van der Waals surface area contributed by atoms with E-state index in [9.17, 15) is 14.4 Å². The molecule has 0 radical (unpaired) electrons. The minimum absolute atomic E-state index is 0.204. The molecule has 1 aliphatic rings. The molecule has 2 rings (SSSR count). The third kappa shape index (κ3) is 3.88. The number of carbonyl (C=O) groups is 3. The van der Waals surface area contributed by atoms with Crippen molar-refractivity contribution in [2.45, 2.75) is 13.8 Å². The van der Waals surface area contributed by atoms with Gasteiger partial charge in [0.15, 0.2) is 0 Å². The van der Waals surface area contributed by atoms with Gasteiger partial charge in [0, 0.05) is 0 Å². The highest BCUT2D eigenvalue weighted by Gasteiger charge is 2.36. The van der Waals surface area contributed by atoms with Crippen LogP contribution in [0.15, 0.2) is 39.4 Å². The molecular weight excluding hydrogens is 306 g/mol. The lowest BCUT2D eigenvalue weighted by molar-refractivity contribution is -0.146. The Balaban J connectivity index is 2.10. The van der Waals surface area contributed by atoms with Gasteiger partial charge in [-0.3, -0.25) is 19.3 Å². The molecule has 1 saturated heterocycles. The molecule has 0 saturated carbocycles. The maximum absolute atomic E-state index is 12.2. The summed E-state index contributed by atoms with van der Waals surface area (Å²) in [4.78, 5) is 36.5. The van der Waals surface area contributed by atoms with Gasteiger partial charge in [-0.05, 0) is 55.5 Å². The summed E-state index contributed by atoms with van der Waals surface area (Å²) in [6.07, 6.45) is 4.89. The summed E-state index contributed by atoms with van der Waals surface area (Å²) < 4.78 is 9.93. The van der Waals surface area contributed by atoms with Crippen LogP contribution in [0.1, 0.15) is 19.6 Å². The number of hydrogen-bond donors (Lipinski definition) is 0. The van der Waals surface area contributed by atoms with Crippen molar-refractivity contribution in [2.75, 3.05) is 13.2 Å². The number of imide groups is 1. The fourth-order valence-corrected chi connectivity index (χ4v) is 2.71. The maximum atomic E-state index is 12.2. The Hall–Kier alpha value is -2.28. The molecule has 0 N–H and O–H groups in total. The molecule has 116 valence electrons. The van der Waals surface area contributed by atoms with E-state index < -0.39 is 17.1 Å². The Morgan fingerprint density at radius 2 is 2.23 bits per heavy atom. The van der Waals surface area contributed by atoms with Gasteiger partial charge >= 0.3 is 5.97 Å². The topological polar surface area (TPSA) is 76.8 Å². The van der Waals surface area contributed by atoms with Crippen LogP contribution in [0, 0.1) is 0 Å². The Morgan fingerprint density at radius 3 is 2.86 bits per heavy atom. The van der Waals surface area contributed by atoms with Crippen molar-refractivity contribution in [1.82, 2.24) is 4.90 Å².